The van der Waals surface area contributed by atoms with E-state index in [1.807, 2.05) is 11.0 Å². The van der Waals surface area contributed by atoms with Crippen LogP contribution in [0.2, 0.25) is 0 Å². The number of hydrogen-bond acceptors (Lipinski definition) is 7. The Labute approximate surface area is 168 Å². The minimum atomic E-state index is -3.35. The van der Waals surface area contributed by atoms with E-state index in [0.717, 1.165) is 11.8 Å². The van der Waals surface area contributed by atoms with Gasteiger partial charge in [0.05, 0.1) is 29.3 Å². The van der Waals surface area contributed by atoms with Gasteiger partial charge in [-0.05, 0) is 35.9 Å². The third-order valence-electron chi connectivity index (χ3n) is 4.86. The number of ether oxygens (including phenoxy) is 1. The Bertz CT molecular complexity index is 1150. The monoisotopic (exact) mass is 416 g/mol. The number of halogens is 1. The summed E-state index contributed by atoms with van der Waals surface area (Å²) in [5.41, 5.74) is 1.96. The molecule has 1 aromatic heterocycles. The van der Waals surface area contributed by atoms with Crippen molar-refractivity contribution >= 4 is 32.2 Å². The van der Waals surface area contributed by atoms with Crippen molar-refractivity contribution in [2.24, 2.45) is 0 Å². The average Bonchev–Trinajstić information content (AvgIpc) is 2.72. The fourth-order valence-corrected chi connectivity index (χ4v) is 3.96. The summed E-state index contributed by atoms with van der Waals surface area (Å²) in [5.74, 6) is 0.219. The summed E-state index contributed by atoms with van der Waals surface area (Å²) in [6.45, 7) is 2.88. The zero-order chi connectivity index (χ0) is 20.4. The van der Waals surface area contributed by atoms with Crippen LogP contribution in [0.5, 0.6) is 0 Å². The maximum absolute atomic E-state index is 14.6. The number of benzene rings is 2. The Balaban J connectivity index is 1.56. The van der Waals surface area contributed by atoms with E-state index in [1.54, 1.807) is 18.2 Å². The number of hydrogen-bond donors (Lipinski definition) is 1. The second-order valence-corrected chi connectivity index (χ2v) is 8.93. The molecule has 0 radical (unpaired) electrons. The van der Waals surface area contributed by atoms with Gasteiger partial charge in [-0.2, -0.15) is 0 Å². The highest BCUT2D eigenvalue weighted by atomic mass is 32.2. The van der Waals surface area contributed by atoms with Gasteiger partial charge in [0.2, 0.25) is 0 Å². The molecule has 0 amide bonds. The molecule has 1 aliphatic heterocycles. The van der Waals surface area contributed by atoms with Crippen LogP contribution >= 0.6 is 0 Å². The van der Waals surface area contributed by atoms with Crippen molar-refractivity contribution in [2.45, 2.75) is 11.4 Å². The van der Waals surface area contributed by atoms with E-state index >= 15 is 0 Å². The zero-order valence-electron chi connectivity index (χ0n) is 15.9. The van der Waals surface area contributed by atoms with Gasteiger partial charge in [0.15, 0.2) is 9.84 Å². The van der Waals surface area contributed by atoms with Crippen molar-refractivity contribution in [1.29, 1.82) is 0 Å². The van der Waals surface area contributed by atoms with Crippen molar-refractivity contribution in [3.63, 3.8) is 0 Å². The minimum absolute atomic E-state index is 0.198. The first-order valence-corrected chi connectivity index (χ1v) is 11.1. The van der Waals surface area contributed by atoms with E-state index in [-0.39, 0.29) is 10.7 Å². The molecule has 2 aromatic carbocycles. The molecule has 3 aromatic rings. The van der Waals surface area contributed by atoms with Crippen molar-refractivity contribution in [1.82, 2.24) is 9.97 Å². The summed E-state index contributed by atoms with van der Waals surface area (Å²) in [7, 11) is -3.35. The molecular weight excluding hydrogens is 395 g/mol. The molecule has 0 spiro atoms. The smallest absolute Gasteiger partial charge is 0.175 e. The lowest BCUT2D eigenvalue weighted by Crippen LogP contribution is -2.36. The zero-order valence-corrected chi connectivity index (χ0v) is 16.7. The van der Waals surface area contributed by atoms with Crippen molar-refractivity contribution in [2.75, 3.05) is 42.8 Å². The molecule has 152 valence electrons. The quantitative estimate of drug-likeness (QED) is 0.684. The van der Waals surface area contributed by atoms with E-state index in [4.69, 9.17) is 4.74 Å². The Morgan fingerprint density at radius 1 is 1.14 bits per heavy atom. The standard InChI is InChI=1S/C20H21FN4O3S/c1-29(26,27)15-3-4-18-16(11-15)20(24-13-23-18)22-12-14-2-5-19(17(21)10-14)25-6-8-28-9-7-25/h2-5,10-11,13H,6-9,12H2,1H3,(H,22,23,24). The van der Waals surface area contributed by atoms with Crippen molar-refractivity contribution in [3.8, 4) is 0 Å². The predicted octanol–water partition coefficient (Wildman–Crippen LogP) is 2.62. The van der Waals surface area contributed by atoms with E-state index in [2.05, 4.69) is 15.3 Å². The van der Waals surface area contributed by atoms with Gasteiger partial charge < -0.3 is 15.0 Å². The van der Waals surface area contributed by atoms with Gasteiger partial charge in [-0.15, -0.1) is 0 Å². The molecule has 0 aliphatic carbocycles. The largest absolute Gasteiger partial charge is 0.378 e. The van der Waals surface area contributed by atoms with Crippen LogP contribution in [0.1, 0.15) is 5.56 Å². The van der Waals surface area contributed by atoms with Crippen LogP contribution in [-0.4, -0.2) is 50.9 Å². The number of fused-ring (bicyclic) bond motifs is 1. The van der Waals surface area contributed by atoms with Gasteiger partial charge in [0.1, 0.15) is 18.0 Å². The highest BCUT2D eigenvalue weighted by Gasteiger charge is 2.16. The first-order chi connectivity index (χ1) is 13.9. The second-order valence-electron chi connectivity index (χ2n) is 6.91. The summed E-state index contributed by atoms with van der Waals surface area (Å²) >= 11 is 0. The minimum Gasteiger partial charge on any atom is -0.378 e. The SMILES string of the molecule is CS(=O)(=O)c1ccc2ncnc(NCc3ccc(N4CCOCC4)c(F)c3)c2c1. The molecule has 0 atom stereocenters. The van der Waals surface area contributed by atoms with E-state index in [1.165, 1.54) is 18.5 Å². The molecule has 0 bridgehead atoms. The van der Waals surface area contributed by atoms with Crippen LogP contribution in [0.3, 0.4) is 0 Å². The van der Waals surface area contributed by atoms with Gasteiger partial charge in [-0.3, -0.25) is 0 Å². The summed E-state index contributed by atoms with van der Waals surface area (Å²) in [6, 6.07) is 9.87. The topological polar surface area (TPSA) is 84.4 Å². The lowest BCUT2D eigenvalue weighted by Gasteiger charge is -2.29. The van der Waals surface area contributed by atoms with Gasteiger partial charge in [-0.25, -0.2) is 22.8 Å². The number of aromatic nitrogens is 2. The first kappa shape index (κ1) is 19.5. The maximum atomic E-state index is 14.6. The van der Waals surface area contributed by atoms with Crippen molar-refractivity contribution < 1.29 is 17.5 Å². The molecule has 7 nitrogen and oxygen atoms in total. The molecule has 1 aliphatic rings. The molecule has 0 saturated carbocycles. The van der Waals surface area contributed by atoms with E-state index < -0.39 is 9.84 Å². The normalized spacial score (nSPS) is 14.9. The number of sulfone groups is 1. The number of nitrogens with one attached hydrogen (secondary N) is 1. The Hall–Kier alpha value is -2.78. The molecular formula is C20H21FN4O3S. The molecule has 1 fully saturated rings. The average molecular weight is 416 g/mol. The predicted molar refractivity (Wildman–Crippen MR) is 109 cm³/mol. The summed E-state index contributed by atoms with van der Waals surface area (Å²) in [4.78, 5) is 10.6. The number of anilines is 2. The Morgan fingerprint density at radius 2 is 1.93 bits per heavy atom. The van der Waals surface area contributed by atoms with Crippen molar-refractivity contribution in [3.05, 3.63) is 54.1 Å². The lowest BCUT2D eigenvalue weighted by molar-refractivity contribution is 0.122. The second kappa shape index (κ2) is 7.92. The Morgan fingerprint density at radius 3 is 2.66 bits per heavy atom. The Kier molecular flexibility index (Phi) is 5.33. The van der Waals surface area contributed by atoms with Gasteiger partial charge >= 0.3 is 0 Å². The number of morpholine rings is 1. The van der Waals surface area contributed by atoms with E-state index in [0.29, 0.717) is 55.3 Å². The lowest BCUT2D eigenvalue weighted by atomic mass is 10.1. The third kappa shape index (κ3) is 4.30. The maximum Gasteiger partial charge on any atom is 0.175 e. The highest BCUT2D eigenvalue weighted by Crippen LogP contribution is 2.25. The van der Waals surface area contributed by atoms with Crippen LogP contribution < -0.4 is 10.2 Å². The third-order valence-corrected chi connectivity index (χ3v) is 5.97. The summed E-state index contributed by atoms with van der Waals surface area (Å²) in [6.07, 6.45) is 2.57. The van der Waals surface area contributed by atoms with Crippen LogP contribution in [0.4, 0.5) is 15.9 Å². The van der Waals surface area contributed by atoms with Crippen LogP contribution in [0, 0.1) is 5.82 Å². The molecule has 2 heterocycles. The van der Waals surface area contributed by atoms with Crippen LogP contribution in [-0.2, 0) is 21.1 Å². The van der Waals surface area contributed by atoms with Gasteiger partial charge in [0.25, 0.3) is 0 Å². The summed E-state index contributed by atoms with van der Waals surface area (Å²) < 4.78 is 43.6. The number of nitrogens with zero attached hydrogens (tertiary/aromatic N) is 3. The van der Waals surface area contributed by atoms with Crippen LogP contribution in [0.25, 0.3) is 10.9 Å². The van der Waals surface area contributed by atoms with Gasteiger partial charge in [-0.1, -0.05) is 6.07 Å². The molecule has 1 N–H and O–H groups in total. The summed E-state index contributed by atoms with van der Waals surface area (Å²) in [5, 5.41) is 3.76. The first-order valence-electron chi connectivity index (χ1n) is 9.21. The molecule has 4 rings (SSSR count). The fourth-order valence-electron chi connectivity index (χ4n) is 3.31. The molecule has 0 unspecified atom stereocenters. The van der Waals surface area contributed by atoms with E-state index in [9.17, 15) is 12.8 Å². The fraction of sp³-hybridized carbons (Fsp3) is 0.300. The van der Waals surface area contributed by atoms with Crippen LogP contribution in [0.15, 0.2) is 47.6 Å². The van der Waals surface area contributed by atoms with Gasteiger partial charge in [0, 0.05) is 31.3 Å². The highest BCUT2D eigenvalue weighted by molar-refractivity contribution is 7.90. The number of rotatable bonds is 5. The molecule has 1 saturated heterocycles. The molecule has 9 heteroatoms. The molecule has 29 heavy (non-hydrogen) atoms.